The number of carbonyl (C=O) groups is 2. The predicted molar refractivity (Wildman–Crippen MR) is 101 cm³/mol. The van der Waals surface area contributed by atoms with Crippen molar-refractivity contribution in [2.24, 2.45) is 0 Å². The SMILES string of the molecule is CCc1nc2ccc(Br)cn2c1C(=O)Nc1cccc(NC(C)=O)c1. The summed E-state index contributed by atoms with van der Waals surface area (Å²) in [6.45, 7) is 3.40. The first-order valence-electron chi connectivity index (χ1n) is 7.83. The number of anilines is 2. The lowest BCUT2D eigenvalue weighted by molar-refractivity contribution is -0.114. The maximum absolute atomic E-state index is 12.8. The van der Waals surface area contributed by atoms with E-state index in [4.69, 9.17) is 0 Å². The van der Waals surface area contributed by atoms with E-state index in [1.807, 2.05) is 25.3 Å². The van der Waals surface area contributed by atoms with Gasteiger partial charge in [0.2, 0.25) is 5.91 Å². The Bertz CT molecular complexity index is 965. The van der Waals surface area contributed by atoms with Crippen molar-refractivity contribution in [3.05, 3.63) is 58.5 Å². The van der Waals surface area contributed by atoms with Crippen LogP contribution in [-0.2, 0) is 11.2 Å². The minimum Gasteiger partial charge on any atom is -0.326 e. The summed E-state index contributed by atoms with van der Waals surface area (Å²) in [5, 5.41) is 5.58. The third-order valence-electron chi connectivity index (χ3n) is 3.65. The number of pyridine rings is 1. The summed E-state index contributed by atoms with van der Waals surface area (Å²) in [6.07, 6.45) is 2.47. The second-order valence-corrected chi connectivity index (χ2v) is 6.47. The van der Waals surface area contributed by atoms with Crippen LogP contribution in [-0.4, -0.2) is 21.2 Å². The van der Waals surface area contributed by atoms with E-state index in [9.17, 15) is 9.59 Å². The third-order valence-corrected chi connectivity index (χ3v) is 4.11. The highest BCUT2D eigenvalue weighted by Crippen LogP contribution is 2.20. The van der Waals surface area contributed by atoms with E-state index in [1.165, 1.54) is 6.92 Å². The molecule has 0 unspecified atom stereocenters. The molecule has 3 rings (SSSR count). The number of carbonyl (C=O) groups excluding carboxylic acids is 2. The number of halogens is 1. The summed E-state index contributed by atoms with van der Waals surface area (Å²) in [5.41, 5.74) is 3.18. The number of aryl methyl sites for hydroxylation is 1. The molecule has 7 heteroatoms. The molecule has 128 valence electrons. The van der Waals surface area contributed by atoms with Gasteiger partial charge in [0, 0.05) is 29.0 Å². The van der Waals surface area contributed by atoms with Crippen LogP contribution in [0.4, 0.5) is 11.4 Å². The molecule has 0 fully saturated rings. The lowest BCUT2D eigenvalue weighted by Crippen LogP contribution is -2.16. The van der Waals surface area contributed by atoms with Crippen LogP contribution in [0.5, 0.6) is 0 Å². The number of hydrogen-bond acceptors (Lipinski definition) is 3. The lowest BCUT2D eigenvalue weighted by atomic mass is 10.2. The Morgan fingerprint density at radius 3 is 2.56 bits per heavy atom. The third kappa shape index (κ3) is 3.71. The Labute approximate surface area is 153 Å². The molecule has 0 aliphatic rings. The van der Waals surface area contributed by atoms with Crippen molar-refractivity contribution in [3.8, 4) is 0 Å². The van der Waals surface area contributed by atoms with Gasteiger partial charge in [-0.1, -0.05) is 13.0 Å². The summed E-state index contributed by atoms with van der Waals surface area (Å²) in [7, 11) is 0. The number of aromatic nitrogens is 2. The summed E-state index contributed by atoms with van der Waals surface area (Å²) in [4.78, 5) is 28.5. The quantitative estimate of drug-likeness (QED) is 0.697. The van der Waals surface area contributed by atoms with Crippen molar-refractivity contribution in [3.63, 3.8) is 0 Å². The molecular formula is C18H17BrN4O2. The van der Waals surface area contributed by atoms with Crippen LogP contribution < -0.4 is 10.6 Å². The second-order valence-electron chi connectivity index (χ2n) is 5.55. The average molecular weight is 401 g/mol. The normalized spacial score (nSPS) is 10.7. The van der Waals surface area contributed by atoms with E-state index in [-0.39, 0.29) is 11.8 Å². The standard InChI is InChI=1S/C18H17BrN4O2/c1-3-15-17(23-10-12(19)7-8-16(23)22-15)18(25)21-14-6-4-5-13(9-14)20-11(2)24/h4-10H,3H2,1-2H3,(H,20,24)(H,21,25). The fourth-order valence-corrected chi connectivity index (χ4v) is 2.96. The van der Waals surface area contributed by atoms with Crippen molar-refractivity contribution >= 4 is 44.8 Å². The molecule has 0 saturated carbocycles. The van der Waals surface area contributed by atoms with Crippen LogP contribution in [0.15, 0.2) is 47.1 Å². The number of amides is 2. The van der Waals surface area contributed by atoms with Crippen LogP contribution in [0.2, 0.25) is 0 Å². The minimum absolute atomic E-state index is 0.164. The van der Waals surface area contributed by atoms with Crippen molar-refractivity contribution in [1.29, 1.82) is 0 Å². The molecule has 0 aliphatic heterocycles. The topological polar surface area (TPSA) is 75.5 Å². The average Bonchev–Trinajstić information content (AvgIpc) is 2.92. The number of fused-ring (bicyclic) bond motifs is 1. The van der Waals surface area contributed by atoms with E-state index in [0.717, 1.165) is 15.8 Å². The number of benzene rings is 1. The van der Waals surface area contributed by atoms with Crippen LogP contribution in [0.25, 0.3) is 5.65 Å². The first-order chi connectivity index (χ1) is 12.0. The van der Waals surface area contributed by atoms with Gasteiger partial charge in [-0.15, -0.1) is 0 Å². The monoisotopic (exact) mass is 400 g/mol. The molecule has 2 aromatic heterocycles. The van der Waals surface area contributed by atoms with E-state index in [2.05, 4.69) is 31.5 Å². The van der Waals surface area contributed by atoms with Gasteiger partial charge in [0.25, 0.3) is 5.91 Å². The van der Waals surface area contributed by atoms with Gasteiger partial charge in [-0.3, -0.25) is 14.0 Å². The highest BCUT2D eigenvalue weighted by Gasteiger charge is 2.18. The molecule has 0 aliphatic carbocycles. The van der Waals surface area contributed by atoms with Gasteiger partial charge in [-0.05, 0) is 52.7 Å². The number of hydrogen-bond donors (Lipinski definition) is 2. The van der Waals surface area contributed by atoms with Crippen molar-refractivity contribution < 1.29 is 9.59 Å². The Kier molecular flexibility index (Phi) is 4.85. The number of nitrogens with one attached hydrogen (secondary N) is 2. The van der Waals surface area contributed by atoms with Crippen LogP contribution >= 0.6 is 15.9 Å². The van der Waals surface area contributed by atoms with Gasteiger partial charge in [0.1, 0.15) is 11.3 Å². The smallest absolute Gasteiger partial charge is 0.274 e. The van der Waals surface area contributed by atoms with Gasteiger partial charge in [-0.25, -0.2) is 4.98 Å². The Morgan fingerprint density at radius 2 is 1.88 bits per heavy atom. The molecule has 1 aromatic carbocycles. The fourth-order valence-electron chi connectivity index (χ4n) is 2.62. The Balaban J connectivity index is 1.95. The molecule has 0 atom stereocenters. The maximum Gasteiger partial charge on any atom is 0.274 e. The maximum atomic E-state index is 12.8. The molecule has 0 spiro atoms. The van der Waals surface area contributed by atoms with Crippen molar-refractivity contribution in [1.82, 2.24) is 9.38 Å². The van der Waals surface area contributed by atoms with Gasteiger partial charge in [-0.2, -0.15) is 0 Å². The van der Waals surface area contributed by atoms with Crippen molar-refractivity contribution in [2.45, 2.75) is 20.3 Å². The second kappa shape index (κ2) is 7.06. The van der Waals surface area contributed by atoms with Crippen molar-refractivity contribution in [2.75, 3.05) is 10.6 Å². The van der Waals surface area contributed by atoms with Gasteiger partial charge < -0.3 is 10.6 Å². The first-order valence-corrected chi connectivity index (χ1v) is 8.62. The van der Waals surface area contributed by atoms with Gasteiger partial charge >= 0.3 is 0 Å². The fraction of sp³-hybridized carbons (Fsp3) is 0.167. The molecular weight excluding hydrogens is 384 g/mol. The molecule has 2 N–H and O–H groups in total. The summed E-state index contributed by atoms with van der Waals surface area (Å²) in [5.74, 6) is -0.411. The van der Waals surface area contributed by atoms with Crippen LogP contribution in [0, 0.1) is 0 Å². The summed E-state index contributed by atoms with van der Waals surface area (Å²) in [6, 6.07) is 10.8. The van der Waals surface area contributed by atoms with Crippen LogP contribution in [0.3, 0.4) is 0 Å². The molecule has 0 saturated heterocycles. The molecule has 6 nitrogen and oxygen atoms in total. The number of imidazole rings is 1. The predicted octanol–water partition coefficient (Wildman–Crippen LogP) is 3.87. The van der Waals surface area contributed by atoms with E-state index in [0.29, 0.717) is 23.5 Å². The lowest BCUT2D eigenvalue weighted by Gasteiger charge is -2.09. The number of nitrogens with zero attached hydrogens (tertiary/aromatic N) is 2. The molecule has 0 radical (unpaired) electrons. The molecule has 25 heavy (non-hydrogen) atoms. The molecule has 0 bridgehead atoms. The highest BCUT2D eigenvalue weighted by molar-refractivity contribution is 9.10. The van der Waals surface area contributed by atoms with Gasteiger partial charge in [0.05, 0.1) is 5.69 Å². The zero-order valence-electron chi connectivity index (χ0n) is 13.8. The zero-order valence-corrected chi connectivity index (χ0v) is 15.4. The summed E-state index contributed by atoms with van der Waals surface area (Å²) >= 11 is 3.43. The minimum atomic E-state index is -0.248. The Morgan fingerprint density at radius 1 is 1.16 bits per heavy atom. The zero-order chi connectivity index (χ0) is 18.0. The van der Waals surface area contributed by atoms with Gasteiger partial charge in [0.15, 0.2) is 0 Å². The number of rotatable bonds is 4. The molecule has 2 amide bonds. The Hall–Kier alpha value is -2.67. The van der Waals surface area contributed by atoms with E-state index >= 15 is 0 Å². The van der Waals surface area contributed by atoms with Crippen LogP contribution in [0.1, 0.15) is 30.0 Å². The highest BCUT2D eigenvalue weighted by atomic mass is 79.9. The molecule has 2 heterocycles. The summed E-state index contributed by atoms with van der Waals surface area (Å²) < 4.78 is 2.64. The van der Waals surface area contributed by atoms with E-state index in [1.54, 1.807) is 28.7 Å². The molecule has 3 aromatic rings. The largest absolute Gasteiger partial charge is 0.326 e. The first kappa shape index (κ1) is 17.2. The van der Waals surface area contributed by atoms with E-state index < -0.39 is 0 Å².